The van der Waals surface area contributed by atoms with E-state index in [2.05, 4.69) is 14.8 Å². The minimum Gasteiger partial charge on any atom is -0.421 e. The molecule has 0 amide bonds. The normalized spacial score (nSPS) is 14.9. The smallest absolute Gasteiger partial charge is 0.356 e. The van der Waals surface area contributed by atoms with Gasteiger partial charge in [0.1, 0.15) is 17.3 Å². The van der Waals surface area contributed by atoms with Gasteiger partial charge in [0.15, 0.2) is 5.58 Å². The summed E-state index contributed by atoms with van der Waals surface area (Å²) in [4.78, 5) is 33.1. The molecule has 3 aromatic heterocycles. The Labute approximate surface area is 175 Å². The second-order valence-corrected chi connectivity index (χ2v) is 7.35. The van der Waals surface area contributed by atoms with Crippen LogP contribution in [0.3, 0.4) is 0 Å². The Kier molecular flexibility index (Phi) is 4.87. The van der Waals surface area contributed by atoms with Crippen molar-refractivity contribution in [2.45, 2.75) is 6.54 Å². The molecule has 1 aliphatic rings. The average molecular weight is 422 g/mol. The highest BCUT2D eigenvalue weighted by molar-refractivity contribution is 5.95. The van der Waals surface area contributed by atoms with Crippen LogP contribution in [0, 0.1) is 5.82 Å². The second-order valence-electron chi connectivity index (χ2n) is 7.35. The third-order valence-electron chi connectivity index (χ3n) is 5.39. The quantitative estimate of drug-likeness (QED) is 0.501. The summed E-state index contributed by atoms with van der Waals surface area (Å²) < 4.78 is 26.2. The van der Waals surface area contributed by atoms with Crippen molar-refractivity contribution < 1.29 is 13.3 Å². The van der Waals surface area contributed by atoms with E-state index in [-0.39, 0.29) is 5.58 Å². The number of pyridine rings is 1. The van der Waals surface area contributed by atoms with Crippen LogP contribution in [0.2, 0.25) is 0 Å². The van der Waals surface area contributed by atoms with E-state index in [0.717, 1.165) is 44.1 Å². The van der Waals surface area contributed by atoms with Gasteiger partial charge in [-0.05, 0) is 30.3 Å². The van der Waals surface area contributed by atoms with Crippen LogP contribution >= 0.6 is 0 Å². The SMILES string of the molecule is O=c1ccc(=O)on2c(CN3CCN(c4ccccn4)CC3)c(o1)c1cc(F)ccc12. The van der Waals surface area contributed by atoms with Crippen LogP contribution in [0.4, 0.5) is 10.2 Å². The first-order chi connectivity index (χ1) is 15.1. The summed E-state index contributed by atoms with van der Waals surface area (Å²) in [6.07, 6.45) is 1.77. The maximum Gasteiger partial charge on any atom is 0.356 e. The number of piperazine rings is 1. The molecule has 4 heterocycles. The Hall–Kier alpha value is -3.72. The molecule has 158 valence electrons. The fourth-order valence-electron chi connectivity index (χ4n) is 3.89. The highest BCUT2D eigenvalue weighted by Crippen LogP contribution is 2.27. The van der Waals surface area contributed by atoms with E-state index in [4.69, 9.17) is 8.94 Å². The monoisotopic (exact) mass is 422 g/mol. The predicted molar refractivity (Wildman–Crippen MR) is 112 cm³/mol. The number of benzene rings is 1. The third kappa shape index (κ3) is 3.75. The zero-order chi connectivity index (χ0) is 21.4. The molecule has 0 atom stereocenters. The Morgan fingerprint density at radius 2 is 1.77 bits per heavy atom. The van der Waals surface area contributed by atoms with Gasteiger partial charge < -0.3 is 13.8 Å². The van der Waals surface area contributed by atoms with E-state index in [1.165, 1.54) is 22.8 Å². The molecule has 31 heavy (non-hydrogen) atoms. The van der Waals surface area contributed by atoms with E-state index in [1.54, 1.807) is 6.20 Å². The van der Waals surface area contributed by atoms with Crippen LogP contribution in [0.15, 0.2) is 73.3 Å². The fraction of sp³-hybridized carbons (Fsp3) is 0.227. The van der Waals surface area contributed by atoms with Crippen molar-refractivity contribution in [1.82, 2.24) is 14.5 Å². The number of anilines is 1. The lowest BCUT2D eigenvalue weighted by atomic mass is 10.2. The Bertz CT molecular complexity index is 1390. The number of nitrogens with zero attached hydrogens (tertiary/aromatic N) is 4. The molecule has 2 bridgehead atoms. The van der Waals surface area contributed by atoms with Gasteiger partial charge in [-0.15, -0.1) is 0 Å². The van der Waals surface area contributed by atoms with Gasteiger partial charge in [0.05, 0.1) is 5.52 Å². The first-order valence-electron chi connectivity index (χ1n) is 9.92. The molecule has 0 spiro atoms. The second kappa shape index (κ2) is 7.84. The Morgan fingerprint density at radius 3 is 2.55 bits per heavy atom. The summed E-state index contributed by atoms with van der Waals surface area (Å²) in [5.74, 6) is 0.448. The van der Waals surface area contributed by atoms with Crippen molar-refractivity contribution >= 4 is 22.3 Å². The number of halogens is 1. The molecule has 0 aliphatic carbocycles. The van der Waals surface area contributed by atoms with Crippen molar-refractivity contribution in [3.05, 3.63) is 87.1 Å². The summed E-state index contributed by atoms with van der Waals surface area (Å²) in [6, 6.07) is 11.9. The predicted octanol–water partition coefficient (Wildman–Crippen LogP) is 2.42. The number of hydrogen-bond acceptors (Lipinski definition) is 7. The lowest BCUT2D eigenvalue weighted by Gasteiger charge is -2.35. The third-order valence-corrected chi connectivity index (χ3v) is 5.39. The summed E-state index contributed by atoms with van der Waals surface area (Å²) in [6.45, 7) is 3.35. The van der Waals surface area contributed by atoms with Crippen LogP contribution in [-0.2, 0) is 6.54 Å². The maximum absolute atomic E-state index is 13.9. The lowest BCUT2D eigenvalue weighted by Crippen LogP contribution is -2.46. The van der Waals surface area contributed by atoms with Crippen molar-refractivity contribution in [2.24, 2.45) is 0 Å². The molecule has 0 saturated carbocycles. The summed E-state index contributed by atoms with van der Waals surface area (Å²) in [5.41, 5.74) is -0.297. The van der Waals surface area contributed by atoms with Gasteiger partial charge in [-0.2, -0.15) is 4.57 Å². The number of fused-ring (bicyclic) bond motifs is 5. The maximum atomic E-state index is 13.9. The van der Waals surface area contributed by atoms with Crippen LogP contribution in [0.1, 0.15) is 5.69 Å². The molecule has 0 radical (unpaired) electrons. The van der Waals surface area contributed by atoms with Crippen LogP contribution in [-0.4, -0.2) is 40.6 Å². The van der Waals surface area contributed by atoms with E-state index in [9.17, 15) is 14.0 Å². The molecule has 1 fully saturated rings. The van der Waals surface area contributed by atoms with Crippen molar-refractivity contribution in [1.29, 1.82) is 0 Å². The Morgan fingerprint density at radius 1 is 0.968 bits per heavy atom. The largest absolute Gasteiger partial charge is 0.421 e. The van der Waals surface area contributed by atoms with Crippen molar-refractivity contribution in [3.63, 3.8) is 0 Å². The molecule has 1 aromatic carbocycles. The molecule has 0 unspecified atom stereocenters. The van der Waals surface area contributed by atoms with Gasteiger partial charge >= 0.3 is 11.3 Å². The highest BCUT2D eigenvalue weighted by Gasteiger charge is 2.23. The molecule has 9 heteroatoms. The summed E-state index contributed by atoms with van der Waals surface area (Å²) in [7, 11) is 0. The Balaban J connectivity index is 1.55. The van der Waals surface area contributed by atoms with Crippen LogP contribution < -0.4 is 16.2 Å². The van der Waals surface area contributed by atoms with Gasteiger partial charge in [-0.1, -0.05) is 6.07 Å². The van der Waals surface area contributed by atoms with E-state index < -0.39 is 17.1 Å². The molecular formula is C22H19FN4O4. The molecule has 0 N–H and O–H groups in total. The van der Waals surface area contributed by atoms with E-state index >= 15 is 0 Å². The van der Waals surface area contributed by atoms with Gasteiger partial charge in [0, 0.05) is 56.4 Å². The van der Waals surface area contributed by atoms with Gasteiger partial charge in [0.25, 0.3) is 0 Å². The average Bonchev–Trinajstić information content (AvgIpc) is 3.07. The van der Waals surface area contributed by atoms with Gasteiger partial charge in [-0.25, -0.2) is 19.0 Å². The zero-order valence-electron chi connectivity index (χ0n) is 16.5. The molecule has 1 aliphatic heterocycles. The van der Waals surface area contributed by atoms with E-state index in [1.807, 2.05) is 18.2 Å². The summed E-state index contributed by atoms with van der Waals surface area (Å²) >= 11 is 0. The van der Waals surface area contributed by atoms with Crippen LogP contribution in [0.5, 0.6) is 0 Å². The first kappa shape index (κ1) is 19.3. The fourth-order valence-corrected chi connectivity index (χ4v) is 3.89. The molecule has 4 aromatic rings. The molecule has 8 nitrogen and oxygen atoms in total. The summed E-state index contributed by atoms with van der Waals surface area (Å²) in [5, 5.41) is 0.374. The zero-order valence-corrected chi connectivity index (χ0v) is 16.5. The minimum atomic E-state index is -0.719. The van der Waals surface area contributed by atoms with E-state index in [0.29, 0.717) is 23.1 Å². The standard InChI is InChI=1S/C22H19FN4O4/c23-15-4-5-17-16(13-15)22-18(27(17)31-21(29)7-6-20(28)30-22)14-25-9-11-26(12-10-25)19-3-1-2-8-24-19/h1-8,13H,9-12,14H2. The molecule has 1 saturated heterocycles. The van der Waals surface area contributed by atoms with Crippen molar-refractivity contribution in [2.75, 3.05) is 31.1 Å². The first-order valence-corrected chi connectivity index (χ1v) is 9.92. The molecular weight excluding hydrogens is 403 g/mol. The van der Waals surface area contributed by atoms with Gasteiger partial charge in [0.2, 0.25) is 0 Å². The minimum absolute atomic E-state index is 0.200. The highest BCUT2D eigenvalue weighted by atomic mass is 19.1. The number of rotatable bonds is 3. The van der Waals surface area contributed by atoms with Gasteiger partial charge in [-0.3, -0.25) is 4.90 Å². The van der Waals surface area contributed by atoms with Crippen molar-refractivity contribution in [3.8, 4) is 0 Å². The van der Waals surface area contributed by atoms with Crippen LogP contribution in [0.25, 0.3) is 16.5 Å². The lowest BCUT2D eigenvalue weighted by molar-refractivity contribution is 0.231. The number of hydrogen-bond donors (Lipinski definition) is 0. The topological polar surface area (TPSA) is 84.2 Å². The molecule has 5 rings (SSSR count). The number of aromatic nitrogens is 2.